The number of carboxylic acid groups (broad SMARTS) is 1. The molecule has 1 amide bonds. The molecule has 0 heterocycles. The van der Waals surface area contributed by atoms with Crippen molar-refractivity contribution in [3.05, 3.63) is 0 Å². The molecule has 0 aromatic rings. The zero-order valence-corrected chi connectivity index (χ0v) is 7.69. The largest absolute Gasteiger partial charge is 0.480 e. The minimum absolute atomic E-state index is 0.0683. The highest BCUT2D eigenvalue weighted by molar-refractivity contribution is 5.78. The Bertz CT molecular complexity index is 247. The first-order chi connectivity index (χ1) is 6.57. The number of nitriles is 1. The fourth-order valence-electron chi connectivity index (χ4n) is 0.756. The van der Waals surface area contributed by atoms with Gasteiger partial charge in [-0.05, 0) is 6.42 Å². The summed E-state index contributed by atoms with van der Waals surface area (Å²) in [5.41, 5.74) is 5.19. The average molecular weight is 199 g/mol. The van der Waals surface area contributed by atoms with Gasteiger partial charge in [0, 0.05) is 13.0 Å². The molecule has 0 aliphatic carbocycles. The number of hydrogen-bond acceptors (Lipinski definition) is 4. The van der Waals surface area contributed by atoms with Crippen LogP contribution in [0.25, 0.3) is 0 Å². The van der Waals surface area contributed by atoms with Crippen LogP contribution in [0.3, 0.4) is 0 Å². The third-order valence-electron chi connectivity index (χ3n) is 1.56. The Labute approximate surface area is 81.7 Å². The van der Waals surface area contributed by atoms with E-state index < -0.39 is 12.0 Å². The van der Waals surface area contributed by atoms with Crippen LogP contribution in [-0.2, 0) is 9.59 Å². The van der Waals surface area contributed by atoms with Gasteiger partial charge >= 0.3 is 5.97 Å². The highest BCUT2D eigenvalue weighted by Crippen LogP contribution is 1.94. The number of aliphatic carboxylic acids is 1. The fourth-order valence-corrected chi connectivity index (χ4v) is 0.756. The van der Waals surface area contributed by atoms with Crippen molar-refractivity contribution in [1.29, 1.82) is 5.26 Å². The Kier molecular flexibility index (Phi) is 6.07. The van der Waals surface area contributed by atoms with Gasteiger partial charge in [-0.1, -0.05) is 0 Å². The molecule has 0 spiro atoms. The quantitative estimate of drug-likeness (QED) is 0.484. The molecule has 0 saturated heterocycles. The second kappa shape index (κ2) is 6.86. The van der Waals surface area contributed by atoms with Gasteiger partial charge < -0.3 is 16.2 Å². The number of carboxylic acids is 1. The van der Waals surface area contributed by atoms with E-state index in [0.717, 1.165) is 0 Å². The Hall–Kier alpha value is -1.61. The third kappa shape index (κ3) is 5.97. The molecule has 4 N–H and O–H groups in total. The molecule has 0 bridgehead atoms. The highest BCUT2D eigenvalue weighted by Gasteiger charge is 2.12. The summed E-state index contributed by atoms with van der Waals surface area (Å²) in [6.45, 7) is 0.289. The maximum atomic E-state index is 11.0. The summed E-state index contributed by atoms with van der Waals surface area (Å²) in [4.78, 5) is 21.2. The second-order valence-corrected chi connectivity index (χ2v) is 2.74. The molecule has 1 atom stereocenters. The average Bonchev–Trinajstić information content (AvgIpc) is 2.14. The normalized spacial score (nSPS) is 11.4. The van der Waals surface area contributed by atoms with Crippen LogP contribution >= 0.6 is 0 Å². The van der Waals surface area contributed by atoms with Gasteiger partial charge in [0.1, 0.15) is 6.04 Å². The number of nitrogens with zero attached hydrogens (tertiary/aromatic N) is 1. The van der Waals surface area contributed by atoms with Crippen molar-refractivity contribution < 1.29 is 14.7 Å². The lowest BCUT2D eigenvalue weighted by Gasteiger charge is -2.05. The van der Waals surface area contributed by atoms with E-state index in [2.05, 4.69) is 5.32 Å². The Morgan fingerprint density at radius 2 is 2.21 bits per heavy atom. The zero-order valence-electron chi connectivity index (χ0n) is 7.69. The van der Waals surface area contributed by atoms with Crippen molar-refractivity contribution in [3.63, 3.8) is 0 Å². The Morgan fingerprint density at radius 1 is 1.57 bits per heavy atom. The molecule has 6 nitrogen and oxygen atoms in total. The molecule has 0 rings (SSSR count). The van der Waals surface area contributed by atoms with Crippen molar-refractivity contribution in [2.45, 2.75) is 25.3 Å². The minimum atomic E-state index is -1.12. The SMILES string of the molecule is N#CCCNC(=O)CCC(N)C(=O)O. The number of rotatable bonds is 6. The van der Waals surface area contributed by atoms with Gasteiger partial charge in [0.25, 0.3) is 0 Å². The van der Waals surface area contributed by atoms with Crippen LogP contribution in [0, 0.1) is 11.3 Å². The number of carbonyl (C=O) groups is 2. The highest BCUT2D eigenvalue weighted by atomic mass is 16.4. The van der Waals surface area contributed by atoms with Gasteiger partial charge in [0.15, 0.2) is 0 Å². The molecular weight excluding hydrogens is 186 g/mol. The first-order valence-corrected chi connectivity index (χ1v) is 4.20. The molecule has 78 valence electrons. The van der Waals surface area contributed by atoms with Gasteiger partial charge in [0.2, 0.25) is 5.91 Å². The van der Waals surface area contributed by atoms with Gasteiger partial charge in [-0.15, -0.1) is 0 Å². The molecule has 0 radical (unpaired) electrons. The van der Waals surface area contributed by atoms with E-state index in [1.165, 1.54) is 0 Å². The second-order valence-electron chi connectivity index (χ2n) is 2.74. The minimum Gasteiger partial charge on any atom is -0.480 e. The Morgan fingerprint density at radius 3 is 2.71 bits per heavy atom. The molecular formula is C8H13N3O3. The lowest BCUT2D eigenvalue weighted by Crippen LogP contribution is -2.32. The standard InChI is InChI=1S/C8H13N3O3/c9-4-1-5-11-7(12)3-2-6(10)8(13)14/h6H,1-3,5,10H2,(H,11,12)(H,13,14). The first kappa shape index (κ1) is 12.4. The smallest absolute Gasteiger partial charge is 0.320 e. The number of amides is 1. The molecule has 6 heteroatoms. The van der Waals surface area contributed by atoms with Crippen molar-refractivity contribution in [2.75, 3.05) is 6.54 Å². The maximum Gasteiger partial charge on any atom is 0.320 e. The van der Waals surface area contributed by atoms with Crippen molar-refractivity contribution in [1.82, 2.24) is 5.32 Å². The van der Waals surface area contributed by atoms with Crippen molar-refractivity contribution >= 4 is 11.9 Å². The third-order valence-corrected chi connectivity index (χ3v) is 1.56. The van der Waals surface area contributed by atoms with Gasteiger partial charge in [-0.3, -0.25) is 9.59 Å². The summed E-state index contributed by atoms with van der Waals surface area (Å²) in [6, 6.07) is 0.870. The molecule has 14 heavy (non-hydrogen) atoms. The molecule has 0 saturated carbocycles. The summed E-state index contributed by atoms with van der Waals surface area (Å²) in [5.74, 6) is -1.40. The summed E-state index contributed by atoms with van der Waals surface area (Å²) in [7, 11) is 0. The maximum absolute atomic E-state index is 11.0. The first-order valence-electron chi connectivity index (χ1n) is 4.20. The van der Waals surface area contributed by atoms with Gasteiger partial charge in [0.05, 0.1) is 12.5 Å². The van der Waals surface area contributed by atoms with Crippen LogP contribution in [0.4, 0.5) is 0 Å². The predicted octanol–water partition coefficient (Wildman–Crippen LogP) is -0.792. The molecule has 0 fully saturated rings. The molecule has 0 aromatic heterocycles. The molecule has 0 aliphatic heterocycles. The fraction of sp³-hybridized carbons (Fsp3) is 0.625. The van der Waals surface area contributed by atoms with Gasteiger partial charge in [-0.25, -0.2) is 0 Å². The van der Waals surface area contributed by atoms with E-state index in [1.54, 1.807) is 0 Å². The number of hydrogen-bond donors (Lipinski definition) is 3. The lowest BCUT2D eigenvalue weighted by molar-refractivity contribution is -0.138. The summed E-state index contributed by atoms with van der Waals surface area (Å²) >= 11 is 0. The van der Waals surface area contributed by atoms with Crippen LogP contribution in [0.1, 0.15) is 19.3 Å². The van der Waals surface area contributed by atoms with E-state index in [4.69, 9.17) is 16.1 Å². The van der Waals surface area contributed by atoms with E-state index in [9.17, 15) is 9.59 Å². The van der Waals surface area contributed by atoms with E-state index in [1.807, 2.05) is 6.07 Å². The van der Waals surface area contributed by atoms with Gasteiger partial charge in [-0.2, -0.15) is 5.26 Å². The number of nitrogens with one attached hydrogen (secondary N) is 1. The van der Waals surface area contributed by atoms with Crippen LogP contribution < -0.4 is 11.1 Å². The summed E-state index contributed by atoms with van der Waals surface area (Å²) < 4.78 is 0. The monoisotopic (exact) mass is 199 g/mol. The Balaban J connectivity index is 3.54. The van der Waals surface area contributed by atoms with Crippen LogP contribution in [-0.4, -0.2) is 29.6 Å². The van der Waals surface area contributed by atoms with E-state index in [0.29, 0.717) is 0 Å². The van der Waals surface area contributed by atoms with Crippen LogP contribution in [0.15, 0.2) is 0 Å². The molecule has 1 unspecified atom stereocenters. The van der Waals surface area contributed by atoms with E-state index in [-0.39, 0.29) is 31.7 Å². The summed E-state index contributed by atoms with van der Waals surface area (Å²) in [6.07, 6.45) is 0.420. The predicted molar refractivity (Wildman–Crippen MR) is 48.1 cm³/mol. The number of carbonyl (C=O) groups excluding carboxylic acids is 1. The zero-order chi connectivity index (χ0) is 11.0. The molecule has 0 aromatic carbocycles. The van der Waals surface area contributed by atoms with Crippen LogP contribution in [0.5, 0.6) is 0 Å². The lowest BCUT2D eigenvalue weighted by atomic mass is 10.1. The van der Waals surface area contributed by atoms with Crippen molar-refractivity contribution in [2.24, 2.45) is 5.73 Å². The summed E-state index contributed by atoms with van der Waals surface area (Å²) in [5, 5.41) is 19.0. The number of nitrogens with two attached hydrogens (primary N) is 1. The topological polar surface area (TPSA) is 116 Å². The molecule has 0 aliphatic rings. The van der Waals surface area contributed by atoms with Crippen LogP contribution in [0.2, 0.25) is 0 Å². The van der Waals surface area contributed by atoms with E-state index >= 15 is 0 Å². The van der Waals surface area contributed by atoms with Crippen molar-refractivity contribution in [3.8, 4) is 6.07 Å².